The minimum Gasteiger partial charge on any atom is -0.399 e. The van der Waals surface area contributed by atoms with Gasteiger partial charge in [-0.1, -0.05) is 48.9 Å². The van der Waals surface area contributed by atoms with Gasteiger partial charge in [0.15, 0.2) is 0 Å². The van der Waals surface area contributed by atoms with Crippen molar-refractivity contribution in [2.75, 3.05) is 11.1 Å². The van der Waals surface area contributed by atoms with Crippen LogP contribution >= 0.6 is 11.6 Å². The highest BCUT2D eigenvalue weighted by molar-refractivity contribution is 6.34. The molecule has 4 heteroatoms. The summed E-state index contributed by atoms with van der Waals surface area (Å²) in [7, 11) is 0. The molecule has 20 heavy (non-hydrogen) atoms. The quantitative estimate of drug-likeness (QED) is 0.834. The first-order valence-corrected chi connectivity index (χ1v) is 6.90. The van der Waals surface area contributed by atoms with Gasteiger partial charge in [-0.15, -0.1) is 0 Å². The molecule has 0 fully saturated rings. The van der Waals surface area contributed by atoms with Gasteiger partial charge in [0.1, 0.15) is 0 Å². The molecule has 2 rings (SSSR count). The number of hydrogen-bond acceptors (Lipinski definition) is 2. The molecular weight excluding hydrogens is 272 g/mol. The zero-order valence-corrected chi connectivity index (χ0v) is 12.0. The number of carbonyl (C=O) groups is 1. The molecule has 0 saturated heterocycles. The maximum absolute atomic E-state index is 12.4. The molecule has 2 aromatic rings. The van der Waals surface area contributed by atoms with Gasteiger partial charge < -0.3 is 11.1 Å². The lowest BCUT2D eigenvalue weighted by atomic mass is 9.95. The lowest BCUT2D eigenvalue weighted by Gasteiger charge is -2.16. The number of anilines is 2. The third kappa shape index (κ3) is 3.31. The molecule has 1 amide bonds. The second-order valence-corrected chi connectivity index (χ2v) is 5.01. The Morgan fingerprint density at radius 2 is 1.95 bits per heavy atom. The summed E-state index contributed by atoms with van der Waals surface area (Å²) >= 11 is 6.07. The Hall–Kier alpha value is -2.00. The summed E-state index contributed by atoms with van der Waals surface area (Å²) in [5.74, 6) is -0.254. The summed E-state index contributed by atoms with van der Waals surface area (Å²) in [5.41, 5.74) is 7.79. The van der Waals surface area contributed by atoms with Gasteiger partial charge in [0.05, 0.1) is 16.6 Å². The van der Waals surface area contributed by atoms with Crippen molar-refractivity contribution < 1.29 is 4.79 Å². The van der Waals surface area contributed by atoms with E-state index >= 15 is 0 Å². The fourth-order valence-corrected chi connectivity index (χ4v) is 2.35. The zero-order chi connectivity index (χ0) is 14.5. The smallest absolute Gasteiger partial charge is 0.231 e. The number of amides is 1. The third-order valence-corrected chi connectivity index (χ3v) is 3.49. The van der Waals surface area contributed by atoms with E-state index < -0.39 is 0 Å². The fourth-order valence-electron chi connectivity index (χ4n) is 2.11. The van der Waals surface area contributed by atoms with Gasteiger partial charge in [-0.2, -0.15) is 0 Å². The molecule has 3 N–H and O–H groups in total. The molecule has 0 aliphatic carbocycles. The predicted octanol–water partition coefficient (Wildman–Crippen LogP) is 4.05. The molecule has 0 bridgehead atoms. The maximum Gasteiger partial charge on any atom is 0.231 e. The SMILES string of the molecule is CCC(C(=O)Nc1ccc(N)cc1Cl)c1ccccc1. The van der Waals surface area contributed by atoms with E-state index in [0.717, 1.165) is 12.0 Å². The third-order valence-electron chi connectivity index (χ3n) is 3.18. The summed E-state index contributed by atoms with van der Waals surface area (Å²) in [4.78, 5) is 12.4. The molecule has 104 valence electrons. The van der Waals surface area contributed by atoms with Gasteiger partial charge in [-0.3, -0.25) is 4.79 Å². The van der Waals surface area contributed by atoms with Crippen molar-refractivity contribution in [1.82, 2.24) is 0 Å². The lowest BCUT2D eigenvalue weighted by Crippen LogP contribution is -2.20. The van der Waals surface area contributed by atoms with Crippen LogP contribution in [0.1, 0.15) is 24.8 Å². The molecule has 2 aromatic carbocycles. The number of halogens is 1. The molecule has 0 aliphatic heterocycles. The van der Waals surface area contributed by atoms with E-state index in [9.17, 15) is 4.79 Å². The molecule has 0 aromatic heterocycles. The van der Waals surface area contributed by atoms with Crippen LogP contribution < -0.4 is 11.1 Å². The van der Waals surface area contributed by atoms with Crippen LogP contribution in [0.25, 0.3) is 0 Å². The molecule has 0 saturated carbocycles. The summed E-state index contributed by atoms with van der Waals surface area (Å²) < 4.78 is 0. The van der Waals surface area contributed by atoms with Crippen molar-refractivity contribution in [1.29, 1.82) is 0 Å². The standard InChI is InChI=1S/C16H17ClN2O/c1-2-13(11-6-4-3-5-7-11)16(20)19-15-9-8-12(18)10-14(15)17/h3-10,13H,2,18H2,1H3,(H,19,20). The number of rotatable bonds is 4. The van der Waals surface area contributed by atoms with Gasteiger partial charge in [-0.05, 0) is 30.2 Å². The van der Waals surface area contributed by atoms with Crippen molar-refractivity contribution in [2.45, 2.75) is 19.3 Å². The molecule has 1 atom stereocenters. The topological polar surface area (TPSA) is 55.1 Å². The van der Waals surface area contributed by atoms with Crippen molar-refractivity contribution >= 4 is 28.9 Å². The highest BCUT2D eigenvalue weighted by Gasteiger charge is 2.19. The second kappa shape index (κ2) is 6.44. The highest BCUT2D eigenvalue weighted by Crippen LogP contribution is 2.27. The largest absolute Gasteiger partial charge is 0.399 e. The Balaban J connectivity index is 2.18. The normalized spacial score (nSPS) is 11.9. The summed E-state index contributed by atoms with van der Waals surface area (Å²) in [6.45, 7) is 1.99. The Kier molecular flexibility index (Phi) is 4.64. The zero-order valence-electron chi connectivity index (χ0n) is 11.3. The highest BCUT2D eigenvalue weighted by atomic mass is 35.5. The molecule has 0 spiro atoms. The van der Waals surface area contributed by atoms with Crippen LogP contribution in [-0.2, 0) is 4.79 Å². The molecule has 0 aliphatic rings. The van der Waals surface area contributed by atoms with Crippen LogP contribution in [-0.4, -0.2) is 5.91 Å². The minimum absolute atomic E-state index is 0.0645. The summed E-state index contributed by atoms with van der Waals surface area (Å²) in [5, 5.41) is 3.31. The maximum atomic E-state index is 12.4. The van der Waals surface area contributed by atoms with Gasteiger partial charge in [0, 0.05) is 5.69 Å². The number of nitrogen functional groups attached to an aromatic ring is 1. The molecular formula is C16H17ClN2O. The second-order valence-electron chi connectivity index (χ2n) is 4.60. The first-order valence-electron chi connectivity index (χ1n) is 6.52. The monoisotopic (exact) mass is 288 g/mol. The Bertz CT molecular complexity index is 599. The van der Waals surface area contributed by atoms with Crippen LogP contribution in [0.5, 0.6) is 0 Å². The van der Waals surface area contributed by atoms with Gasteiger partial charge in [0.2, 0.25) is 5.91 Å². The molecule has 0 heterocycles. The van der Waals surface area contributed by atoms with Crippen LogP contribution in [0.2, 0.25) is 5.02 Å². The van der Waals surface area contributed by atoms with Gasteiger partial charge in [0.25, 0.3) is 0 Å². The predicted molar refractivity (Wildman–Crippen MR) is 84.0 cm³/mol. The minimum atomic E-state index is -0.190. The summed E-state index contributed by atoms with van der Waals surface area (Å²) in [6.07, 6.45) is 0.725. The van der Waals surface area contributed by atoms with E-state index in [1.54, 1.807) is 18.2 Å². The van der Waals surface area contributed by atoms with Crippen LogP contribution in [0, 0.1) is 0 Å². The van der Waals surface area contributed by atoms with Crippen LogP contribution in [0.3, 0.4) is 0 Å². The van der Waals surface area contributed by atoms with E-state index in [4.69, 9.17) is 17.3 Å². The van der Waals surface area contributed by atoms with Gasteiger partial charge in [-0.25, -0.2) is 0 Å². The van der Waals surface area contributed by atoms with E-state index in [1.807, 2.05) is 37.3 Å². The van der Waals surface area contributed by atoms with E-state index in [0.29, 0.717) is 16.4 Å². The average molecular weight is 289 g/mol. The van der Waals surface area contributed by atoms with Crippen molar-refractivity contribution in [2.24, 2.45) is 0 Å². The Morgan fingerprint density at radius 3 is 2.55 bits per heavy atom. The molecule has 1 unspecified atom stereocenters. The van der Waals surface area contributed by atoms with Gasteiger partial charge >= 0.3 is 0 Å². The Labute approximate surface area is 123 Å². The van der Waals surface area contributed by atoms with E-state index in [1.165, 1.54) is 0 Å². The van der Waals surface area contributed by atoms with Crippen LogP contribution in [0.4, 0.5) is 11.4 Å². The van der Waals surface area contributed by atoms with Crippen LogP contribution in [0.15, 0.2) is 48.5 Å². The Morgan fingerprint density at radius 1 is 1.25 bits per heavy atom. The average Bonchev–Trinajstić information content (AvgIpc) is 2.44. The first-order chi connectivity index (χ1) is 9.61. The van der Waals surface area contributed by atoms with Crippen molar-refractivity contribution in [3.05, 3.63) is 59.1 Å². The number of nitrogens with one attached hydrogen (secondary N) is 1. The molecule has 0 radical (unpaired) electrons. The molecule has 3 nitrogen and oxygen atoms in total. The van der Waals surface area contributed by atoms with Crippen molar-refractivity contribution in [3.63, 3.8) is 0 Å². The number of nitrogens with two attached hydrogens (primary N) is 1. The van der Waals surface area contributed by atoms with Crippen molar-refractivity contribution in [3.8, 4) is 0 Å². The van der Waals surface area contributed by atoms with E-state index in [-0.39, 0.29) is 11.8 Å². The lowest BCUT2D eigenvalue weighted by molar-refractivity contribution is -0.117. The number of benzene rings is 2. The summed E-state index contributed by atoms with van der Waals surface area (Å²) in [6, 6.07) is 14.8. The van der Waals surface area contributed by atoms with E-state index in [2.05, 4.69) is 5.32 Å². The fraction of sp³-hybridized carbons (Fsp3) is 0.188. The number of carbonyl (C=O) groups excluding carboxylic acids is 1. The number of hydrogen-bond donors (Lipinski definition) is 2. The first kappa shape index (κ1) is 14.4.